The van der Waals surface area contributed by atoms with Crippen LogP contribution in [0.25, 0.3) is 0 Å². The van der Waals surface area contributed by atoms with Crippen LogP contribution in [0.1, 0.15) is 28.7 Å². The van der Waals surface area contributed by atoms with Crippen molar-refractivity contribution in [3.05, 3.63) is 119 Å². The normalized spacial score (nSPS) is 16.1. The maximum absolute atomic E-state index is 12.5. The zero-order valence-corrected chi connectivity index (χ0v) is 15.9. The number of carbonyl (C=O) groups excluding carboxylic acids is 1. The third-order valence-electron chi connectivity index (χ3n) is 5.26. The van der Waals surface area contributed by atoms with Gasteiger partial charge in [0.2, 0.25) is 0 Å². The van der Waals surface area contributed by atoms with Crippen molar-refractivity contribution in [2.24, 2.45) is 0 Å². The lowest BCUT2D eigenvalue weighted by atomic mass is 9.93. The third-order valence-corrected chi connectivity index (χ3v) is 5.26. The minimum Gasteiger partial charge on any atom is -0.466 e. The molecular weight excluding hydrogens is 346 g/mol. The standard InChI is InChI=1S/C25H23NO2/c1-28-25(27)23-18-26(17-22(23)19-11-5-2-6-12-19)24(20-13-7-3-8-14-20)21-15-9-4-10-16-21/h2-16,18,22,24H,17H2,1H3/t22-/m0/s1. The SMILES string of the molecule is COC(=O)C1=CN(C(c2ccccc2)c2ccccc2)C[C@H]1c1ccccc1. The van der Waals surface area contributed by atoms with Crippen LogP contribution < -0.4 is 0 Å². The first-order valence-electron chi connectivity index (χ1n) is 9.48. The minimum absolute atomic E-state index is 0.0106. The Labute approximate surface area is 165 Å². The predicted molar refractivity (Wildman–Crippen MR) is 111 cm³/mol. The van der Waals surface area contributed by atoms with Crippen molar-refractivity contribution < 1.29 is 9.53 Å². The number of esters is 1. The third kappa shape index (κ3) is 3.56. The van der Waals surface area contributed by atoms with Crippen LogP contribution in [0.5, 0.6) is 0 Å². The number of hydrogen-bond acceptors (Lipinski definition) is 3. The Kier molecular flexibility index (Phi) is 5.24. The molecule has 1 aliphatic rings. The first-order chi connectivity index (χ1) is 13.8. The van der Waals surface area contributed by atoms with Gasteiger partial charge < -0.3 is 9.64 Å². The molecule has 0 fully saturated rings. The fourth-order valence-electron chi connectivity index (χ4n) is 3.94. The van der Waals surface area contributed by atoms with E-state index < -0.39 is 0 Å². The number of carbonyl (C=O) groups is 1. The van der Waals surface area contributed by atoms with E-state index in [4.69, 9.17) is 4.74 Å². The molecule has 3 aromatic carbocycles. The van der Waals surface area contributed by atoms with E-state index in [1.54, 1.807) is 0 Å². The van der Waals surface area contributed by atoms with E-state index in [2.05, 4.69) is 65.6 Å². The van der Waals surface area contributed by atoms with Crippen LogP contribution in [0.2, 0.25) is 0 Å². The van der Waals surface area contributed by atoms with E-state index in [0.29, 0.717) is 5.57 Å². The maximum Gasteiger partial charge on any atom is 0.335 e. The molecule has 0 aromatic heterocycles. The fraction of sp³-hybridized carbons (Fsp3) is 0.160. The van der Waals surface area contributed by atoms with Gasteiger partial charge in [-0.2, -0.15) is 0 Å². The molecule has 28 heavy (non-hydrogen) atoms. The molecule has 1 heterocycles. The van der Waals surface area contributed by atoms with Gasteiger partial charge in [-0.1, -0.05) is 91.0 Å². The van der Waals surface area contributed by atoms with Crippen molar-refractivity contribution in [1.82, 2.24) is 4.90 Å². The molecule has 0 saturated carbocycles. The number of rotatable bonds is 5. The number of nitrogens with zero attached hydrogens (tertiary/aromatic N) is 1. The van der Waals surface area contributed by atoms with Crippen LogP contribution in [0, 0.1) is 0 Å². The number of ether oxygens (including phenoxy) is 1. The second kappa shape index (κ2) is 8.13. The van der Waals surface area contributed by atoms with E-state index in [1.165, 1.54) is 18.2 Å². The number of methoxy groups -OCH3 is 1. The Hall–Kier alpha value is -3.33. The molecule has 140 valence electrons. The average Bonchev–Trinajstić information content (AvgIpc) is 3.20. The molecule has 1 aliphatic heterocycles. The van der Waals surface area contributed by atoms with Crippen molar-refractivity contribution >= 4 is 5.97 Å². The van der Waals surface area contributed by atoms with Crippen LogP contribution in [-0.4, -0.2) is 24.5 Å². The van der Waals surface area contributed by atoms with Gasteiger partial charge in [0.15, 0.2) is 0 Å². The zero-order chi connectivity index (χ0) is 19.3. The first kappa shape index (κ1) is 18.1. The summed E-state index contributed by atoms with van der Waals surface area (Å²) >= 11 is 0. The Morgan fingerprint density at radius 1 is 0.857 bits per heavy atom. The Morgan fingerprint density at radius 2 is 1.36 bits per heavy atom. The minimum atomic E-state index is -0.267. The molecule has 3 heteroatoms. The summed E-state index contributed by atoms with van der Waals surface area (Å²) in [5.41, 5.74) is 4.22. The number of hydrogen-bond donors (Lipinski definition) is 0. The van der Waals surface area contributed by atoms with Gasteiger partial charge in [-0.05, 0) is 16.7 Å². The van der Waals surface area contributed by atoms with Gasteiger partial charge in [-0.25, -0.2) is 4.79 Å². The van der Waals surface area contributed by atoms with E-state index >= 15 is 0 Å². The smallest absolute Gasteiger partial charge is 0.335 e. The van der Waals surface area contributed by atoms with Crippen LogP contribution in [0.3, 0.4) is 0 Å². The van der Waals surface area contributed by atoms with Crippen LogP contribution >= 0.6 is 0 Å². The second-order valence-corrected chi connectivity index (χ2v) is 6.96. The van der Waals surface area contributed by atoms with Gasteiger partial charge in [-0.3, -0.25) is 0 Å². The monoisotopic (exact) mass is 369 g/mol. The van der Waals surface area contributed by atoms with Crippen molar-refractivity contribution in [2.75, 3.05) is 13.7 Å². The van der Waals surface area contributed by atoms with Crippen molar-refractivity contribution in [2.45, 2.75) is 12.0 Å². The molecule has 3 nitrogen and oxygen atoms in total. The first-order valence-corrected chi connectivity index (χ1v) is 9.48. The summed E-state index contributed by atoms with van der Waals surface area (Å²) in [6.07, 6.45) is 1.98. The molecule has 0 aliphatic carbocycles. The Bertz CT molecular complexity index is 912. The summed E-state index contributed by atoms with van der Waals surface area (Å²) < 4.78 is 5.09. The molecule has 1 atom stereocenters. The molecule has 0 saturated heterocycles. The summed E-state index contributed by atoms with van der Waals surface area (Å²) in [7, 11) is 1.44. The fourth-order valence-corrected chi connectivity index (χ4v) is 3.94. The highest BCUT2D eigenvalue weighted by molar-refractivity contribution is 5.90. The highest BCUT2D eigenvalue weighted by Gasteiger charge is 2.35. The topological polar surface area (TPSA) is 29.5 Å². The molecule has 0 unspecified atom stereocenters. The molecule has 0 N–H and O–H groups in total. The summed E-state index contributed by atoms with van der Waals surface area (Å²) in [6, 6.07) is 31.0. The van der Waals surface area contributed by atoms with Gasteiger partial charge in [-0.15, -0.1) is 0 Å². The molecule has 0 radical (unpaired) electrons. The lowest BCUT2D eigenvalue weighted by Gasteiger charge is -2.30. The second-order valence-electron chi connectivity index (χ2n) is 6.96. The Balaban J connectivity index is 1.77. The highest BCUT2D eigenvalue weighted by Crippen LogP contribution is 2.39. The summed E-state index contributed by atoms with van der Waals surface area (Å²) in [4.78, 5) is 14.8. The summed E-state index contributed by atoms with van der Waals surface area (Å²) in [6.45, 7) is 0.725. The quantitative estimate of drug-likeness (QED) is 0.597. The molecule has 4 rings (SSSR count). The van der Waals surface area contributed by atoms with Crippen LogP contribution in [0.4, 0.5) is 0 Å². The molecule has 0 spiro atoms. The van der Waals surface area contributed by atoms with E-state index in [-0.39, 0.29) is 17.9 Å². The highest BCUT2D eigenvalue weighted by atomic mass is 16.5. The number of benzene rings is 3. The molecule has 0 bridgehead atoms. The zero-order valence-electron chi connectivity index (χ0n) is 15.9. The molecule has 3 aromatic rings. The maximum atomic E-state index is 12.5. The van der Waals surface area contributed by atoms with Gasteiger partial charge in [0.1, 0.15) is 0 Å². The lowest BCUT2D eigenvalue weighted by Crippen LogP contribution is -2.25. The van der Waals surface area contributed by atoms with Crippen molar-refractivity contribution in [3.8, 4) is 0 Å². The van der Waals surface area contributed by atoms with Crippen LogP contribution in [-0.2, 0) is 9.53 Å². The van der Waals surface area contributed by atoms with Gasteiger partial charge in [0.25, 0.3) is 0 Å². The van der Waals surface area contributed by atoms with Crippen molar-refractivity contribution in [1.29, 1.82) is 0 Å². The van der Waals surface area contributed by atoms with E-state index in [1.807, 2.05) is 36.5 Å². The Morgan fingerprint density at radius 3 is 1.86 bits per heavy atom. The lowest BCUT2D eigenvalue weighted by molar-refractivity contribution is -0.136. The molecule has 0 amide bonds. The summed E-state index contributed by atoms with van der Waals surface area (Å²) in [5, 5.41) is 0. The van der Waals surface area contributed by atoms with Gasteiger partial charge in [0, 0.05) is 18.7 Å². The van der Waals surface area contributed by atoms with Gasteiger partial charge in [0.05, 0.1) is 18.7 Å². The summed E-state index contributed by atoms with van der Waals surface area (Å²) in [5.74, 6) is -0.278. The van der Waals surface area contributed by atoms with E-state index in [0.717, 1.165) is 12.1 Å². The van der Waals surface area contributed by atoms with E-state index in [9.17, 15) is 4.79 Å². The average molecular weight is 369 g/mol. The predicted octanol–water partition coefficient (Wildman–Crippen LogP) is 4.93. The molecular formula is C25H23NO2. The van der Waals surface area contributed by atoms with Crippen LogP contribution in [0.15, 0.2) is 103 Å². The van der Waals surface area contributed by atoms with Crippen molar-refractivity contribution in [3.63, 3.8) is 0 Å². The largest absolute Gasteiger partial charge is 0.466 e. The van der Waals surface area contributed by atoms with Gasteiger partial charge >= 0.3 is 5.97 Å².